The normalized spacial score (nSPS) is 13.4. The summed E-state index contributed by atoms with van der Waals surface area (Å²) in [6.07, 6.45) is 2.17. The highest BCUT2D eigenvalue weighted by Crippen LogP contribution is 2.28. The number of rotatable bonds is 5. The number of ether oxygens (including phenoxy) is 2. The fourth-order valence-corrected chi connectivity index (χ4v) is 2.16. The van der Waals surface area contributed by atoms with Gasteiger partial charge < -0.3 is 19.3 Å². The van der Waals surface area contributed by atoms with E-state index in [-0.39, 0.29) is 12.2 Å². The largest absolute Gasteiger partial charge is 0.490 e. The molecule has 0 aliphatic carbocycles. The first-order chi connectivity index (χ1) is 9.40. The molecule has 1 N–H and O–H groups in total. The molecule has 2 rings (SSSR count). The lowest BCUT2D eigenvalue weighted by molar-refractivity contribution is -0.130. The Hall–Kier alpha value is -1.81. The first kappa shape index (κ1) is 14.6. The molecule has 1 atom stereocenters. The Balaban J connectivity index is 2.12. The van der Waals surface area contributed by atoms with Gasteiger partial charge in [0, 0.05) is 17.1 Å². The van der Waals surface area contributed by atoms with Crippen LogP contribution in [-0.2, 0) is 9.53 Å². The van der Waals surface area contributed by atoms with E-state index in [2.05, 4.69) is 4.98 Å². The van der Waals surface area contributed by atoms with Crippen molar-refractivity contribution in [3.8, 4) is 5.75 Å². The Morgan fingerprint density at radius 1 is 1.35 bits per heavy atom. The lowest BCUT2D eigenvalue weighted by Crippen LogP contribution is -2.32. The van der Waals surface area contributed by atoms with E-state index in [4.69, 9.17) is 9.47 Å². The fourth-order valence-electron chi connectivity index (χ4n) is 2.16. The van der Waals surface area contributed by atoms with Gasteiger partial charge in [0.15, 0.2) is 6.29 Å². The SMILES string of the molecule is Cc1c[nH]c2cccc(OCC(C=O)OC(C)(C)C)c12. The lowest BCUT2D eigenvalue weighted by Gasteiger charge is -2.24. The number of aldehydes is 1. The first-order valence-electron chi connectivity index (χ1n) is 6.73. The van der Waals surface area contributed by atoms with E-state index in [9.17, 15) is 4.79 Å². The standard InChI is InChI=1S/C16H21NO3/c1-11-8-17-13-6-5-7-14(15(11)13)19-10-12(9-18)20-16(2,3)4/h5-9,12,17H,10H2,1-4H3. The molecule has 0 saturated carbocycles. The van der Waals surface area contributed by atoms with Gasteiger partial charge in [-0.15, -0.1) is 0 Å². The summed E-state index contributed by atoms with van der Waals surface area (Å²) in [5.41, 5.74) is 1.78. The van der Waals surface area contributed by atoms with E-state index in [0.717, 1.165) is 28.5 Å². The third kappa shape index (κ3) is 3.39. The summed E-state index contributed by atoms with van der Waals surface area (Å²) in [7, 11) is 0. The summed E-state index contributed by atoms with van der Waals surface area (Å²) >= 11 is 0. The van der Waals surface area contributed by atoms with Crippen LogP contribution in [0.25, 0.3) is 10.9 Å². The molecule has 1 unspecified atom stereocenters. The van der Waals surface area contributed by atoms with Crippen LogP contribution in [0.4, 0.5) is 0 Å². The molecule has 0 spiro atoms. The van der Waals surface area contributed by atoms with Gasteiger partial charge in [0.2, 0.25) is 0 Å². The third-order valence-electron chi connectivity index (χ3n) is 2.92. The Kier molecular flexibility index (Phi) is 4.14. The summed E-state index contributed by atoms with van der Waals surface area (Å²) in [6.45, 7) is 7.99. The Bertz CT molecular complexity index is 595. The van der Waals surface area contributed by atoms with Crippen molar-refractivity contribution in [1.82, 2.24) is 4.98 Å². The van der Waals surface area contributed by atoms with E-state index in [1.165, 1.54) is 0 Å². The number of carbonyl (C=O) groups is 1. The molecular formula is C16H21NO3. The highest BCUT2D eigenvalue weighted by molar-refractivity contribution is 5.89. The van der Waals surface area contributed by atoms with Crippen molar-refractivity contribution in [2.75, 3.05) is 6.61 Å². The summed E-state index contributed by atoms with van der Waals surface area (Å²) in [5, 5.41) is 1.05. The molecule has 0 aliphatic heterocycles. The first-order valence-corrected chi connectivity index (χ1v) is 6.73. The number of hydrogen-bond acceptors (Lipinski definition) is 3. The summed E-state index contributed by atoms with van der Waals surface area (Å²) in [6, 6.07) is 5.83. The number of hydrogen-bond donors (Lipinski definition) is 1. The minimum atomic E-state index is -0.565. The predicted octanol–water partition coefficient (Wildman–Crippen LogP) is 3.24. The predicted molar refractivity (Wildman–Crippen MR) is 79.2 cm³/mol. The molecular weight excluding hydrogens is 254 g/mol. The molecule has 1 aromatic carbocycles. The maximum absolute atomic E-state index is 11.1. The van der Waals surface area contributed by atoms with Crippen LogP contribution in [0.2, 0.25) is 0 Å². The van der Waals surface area contributed by atoms with E-state index < -0.39 is 6.10 Å². The average molecular weight is 275 g/mol. The smallest absolute Gasteiger partial charge is 0.152 e. The number of aromatic nitrogens is 1. The van der Waals surface area contributed by atoms with Gasteiger partial charge in [0.1, 0.15) is 18.5 Å². The zero-order valence-corrected chi connectivity index (χ0v) is 12.4. The maximum Gasteiger partial charge on any atom is 0.152 e. The van der Waals surface area contributed by atoms with Gasteiger partial charge in [0.25, 0.3) is 0 Å². The molecule has 2 aromatic rings. The van der Waals surface area contributed by atoms with Crippen molar-refractivity contribution >= 4 is 17.2 Å². The zero-order valence-electron chi connectivity index (χ0n) is 12.4. The lowest BCUT2D eigenvalue weighted by atomic mass is 10.1. The Morgan fingerprint density at radius 2 is 2.10 bits per heavy atom. The monoisotopic (exact) mass is 275 g/mol. The second kappa shape index (κ2) is 5.67. The van der Waals surface area contributed by atoms with Crippen LogP contribution in [0.3, 0.4) is 0 Å². The Labute approximate surface area is 119 Å². The second-order valence-corrected chi connectivity index (χ2v) is 5.87. The molecule has 1 heterocycles. The Morgan fingerprint density at radius 3 is 2.75 bits per heavy atom. The van der Waals surface area contributed by atoms with Crippen LogP contribution >= 0.6 is 0 Å². The van der Waals surface area contributed by atoms with Crippen molar-refractivity contribution in [2.45, 2.75) is 39.4 Å². The van der Waals surface area contributed by atoms with Crippen molar-refractivity contribution < 1.29 is 14.3 Å². The minimum absolute atomic E-state index is 0.213. The summed E-state index contributed by atoms with van der Waals surface area (Å²) in [5.74, 6) is 0.769. The molecule has 0 fully saturated rings. The van der Waals surface area contributed by atoms with E-state index in [0.29, 0.717) is 0 Å². The molecule has 0 saturated heterocycles. The average Bonchev–Trinajstić information content (AvgIpc) is 2.76. The fraction of sp³-hybridized carbons (Fsp3) is 0.438. The topological polar surface area (TPSA) is 51.3 Å². The third-order valence-corrected chi connectivity index (χ3v) is 2.92. The maximum atomic E-state index is 11.1. The quantitative estimate of drug-likeness (QED) is 0.852. The molecule has 4 heteroatoms. The van der Waals surface area contributed by atoms with Crippen LogP contribution in [0.5, 0.6) is 5.75 Å². The molecule has 4 nitrogen and oxygen atoms in total. The second-order valence-electron chi connectivity index (χ2n) is 5.87. The molecule has 0 amide bonds. The number of carbonyl (C=O) groups excluding carboxylic acids is 1. The number of aromatic amines is 1. The molecule has 0 radical (unpaired) electrons. The van der Waals surface area contributed by atoms with Crippen molar-refractivity contribution in [2.24, 2.45) is 0 Å². The molecule has 20 heavy (non-hydrogen) atoms. The molecule has 108 valence electrons. The van der Waals surface area contributed by atoms with Crippen LogP contribution < -0.4 is 4.74 Å². The van der Waals surface area contributed by atoms with Crippen LogP contribution in [0.1, 0.15) is 26.3 Å². The van der Waals surface area contributed by atoms with Gasteiger partial charge in [-0.1, -0.05) is 6.07 Å². The number of aryl methyl sites for hydroxylation is 1. The van der Waals surface area contributed by atoms with Crippen LogP contribution in [0, 0.1) is 6.92 Å². The van der Waals surface area contributed by atoms with Gasteiger partial charge in [-0.2, -0.15) is 0 Å². The highest BCUT2D eigenvalue weighted by Gasteiger charge is 2.19. The number of benzene rings is 1. The van der Waals surface area contributed by atoms with Gasteiger partial charge in [-0.3, -0.25) is 0 Å². The van der Waals surface area contributed by atoms with Crippen molar-refractivity contribution in [3.63, 3.8) is 0 Å². The highest BCUT2D eigenvalue weighted by atomic mass is 16.5. The van der Waals surface area contributed by atoms with Crippen LogP contribution in [-0.4, -0.2) is 29.6 Å². The molecule has 0 bridgehead atoms. The molecule has 0 aliphatic rings. The van der Waals surface area contributed by atoms with Crippen LogP contribution in [0.15, 0.2) is 24.4 Å². The zero-order chi connectivity index (χ0) is 14.8. The van der Waals surface area contributed by atoms with Crippen molar-refractivity contribution in [1.29, 1.82) is 0 Å². The van der Waals surface area contributed by atoms with Gasteiger partial charge in [-0.05, 0) is 45.4 Å². The number of H-pyrrole nitrogens is 1. The summed E-state index contributed by atoms with van der Waals surface area (Å²) < 4.78 is 11.4. The van der Waals surface area contributed by atoms with Gasteiger partial charge in [0.05, 0.1) is 5.60 Å². The van der Waals surface area contributed by atoms with E-state index in [1.807, 2.05) is 52.1 Å². The summed E-state index contributed by atoms with van der Waals surface area (Å²) in [4.78, 5) is 14.3. The number of fused-ring (bicyclic) bond motifs is 1. The van der Waals surface area contributed by atoms with Gasteiger partial charge in [-0.25, -0.2) is 0 Å². The van der Waals surface area contributed by atoms with Crippen molar-refractivity contribution in [3.05, 3.63) is 30.0 Å². The minimum Gasteiger partial charge on any atom is -0.490 e. The van der Waals surface area contributed by atoms with E-state index in [1.54, 1.807) is 0 Å². The van der Waals surface area contributed by atoms with Gasteiger partial charge >= 0.3 is 0 Å². The number of nitrogens with one attached hydrogen (secondary N) is 1. The van der Waals surface area contributed by atoms with E-state index >= 15 is 0 Å². The molecule has 1 aromatic heterocycles.